The summed E-state index contributed by atoms with van der Waals surface area (Å²) in [6.07, 6.45) is 6.45. The molecule has 0 fully saturated rings. The molecule has 0 saturated heterocycles. The summed E-state index contributed by atoms with van der Waals surface area (Å²) >= 11 is 11.4. The second kappa shape index (κ2) is 24.1. The number of aliphatic hydroxyl groups excluding tert-OH is 1. The zero-order valence-electron chi connectivity index (χ0n) is 32.3. The number of benzene rings is 4. The van der Waals surface area contributed by atoms with Crippen LogP contribution in [0.25, 0.3) is 0 Å². The number of nitro benzene ring substituents is 1. The van der Waals surface area contributed by atoms with Gasteiger partial charge in [-0.05, 0) is 110 Å². The molecular formula is C42H51BrCl2N2O9P+. The Balaban J connectivity index is 0.00000870. The number of rotatable bonds is 23. The zero-order chi connectivity index (χ0) is 40.5. The van der Waals surface area contributed by atoms with Gasteiger partial charge in [0.15, 0.2) is 4.84 Å². The van der Waals surface area contributed by atoms with Crippen molar-refractivity contribution in [2.24, 2.45) is 0 Å². The SMILES string of the molecule is Br.COc1ccc([P+](CCCCCCCCCC(=O)OC[C@H](NC(=O)C(Cl)Cl)[C@H](O)c2ccc([N+](=O)[O-])cc2)(c2ccc(OC)cc2)c2ccc(OC)cc2)cc1. The van der Waals surface area contributed by atoms with Gasteiger partial charge in [-0.2, -0.15) is 0 Å². The van der Waals surface area contributed by atoms with Gasteiger partial charge in [-0.3, -0.25) is 19.7 Å². The predicted octanol–water partition coefficient (Wildman–Crippen LogP) is 8.18. The number of nitrogens with one attached hydrogen (secondary N) is 1. The second-order valence-electron chi connectivity index (χ2n) is 13.2. The highest BCUT2D eigenvalue weighted by Crippen LogP contribution is 2.56. The smallest absolute Gasteiger partial charge is 0.305 e. The van der Waals surface area contributed by atoms with Crippen LogP contribution in [0.4, 0.5) is 5.69 Å². The first-order chi connectivity index (χ1) is 27.0. The lowest BCUT2D eigenvalue weighted by Gasteiger charge is -2.28. The van der Waals surface area contributed by atoms with Gasteiger partial charge in [0.1, 0.15) is 53.1 Å². The topological polar surface area (TPSA) is 146 Å². The fraction of sp³-hybridized carbons (Fsp3) is 0.381. The molecule has 11 nitrogen and oxygen atoms in total. The minimum Gasteiger partial charge on any atom is -0.497 e. The highest BCUT2D eigenvalue weighted by atomic mass is 79.9. The van der Waals surface area contributed by atoms with E-state index in [-0.39, 0.29) is 41.3 Å². The summed E-state index contributed by atoms with van der Waals surface area (Å²) in [5.74, 6) is 1.20. The maximum atomic E-state index is 12.6. The summed E-state index contributed by atoms with van der Waals surface area (Å²) in [6, 6.07) is 29.5. The van der Waals surface area contributed by atoms with Crippen LogP contribution in [0.2, 0.25) is 0 Å². The van der Waals surface area contributed by atoms with Gasteiger partial charge in [0.2, 0.25) is 0 Å². The lowest BCUT2D eigenvalue weighted by Crippen LogP contribution is -2.45. The largest absolute Gasteiger partial charge is 0.497 e. The average Bonchev–Trinajstić information content (AvgIpc) is 3.23. The first-order valence-corrected chi connectivity index (χ1v) is 21.4. The number of alkyl halides is 2. The van der Waals surface area contributed by atoms with Gasteiger partial charge < -0.3 is 29.4 Å². The number of nitro groups is 1. The number of aliphatic hydroxyl groups is 1. The average molecular weight is 910 g/mol. The van der Waals surface area contributed by atoms with Crippen LogP contribution >= 0.6 is 47.4 Å². The number of nitrogens with zero attached hydrogens (tertiary/aromatic N) is 1. The molecule has 308 valence electrons. The van der Waals surface area contributed by atoms with Crippen molar-refractivity contribution in [3.63, 3.8) is 0 Å². The van der Waals surface area contributed by atoms with Gasteiger partial charge in [-0.1, -0.05) is 48.9 Å². The fourth-order valence-corrected chi connectivity index (χ4v) is 11.1. The second-order valence-corrected chi connectivity index (χ2v) is 18.0. The molecule has 0 bridgehead atoms. The van der Waals surface area contributed by atoms with Crippen molar-refractivity contribution in [3.05, 3.63) is 113 Å². The minimum absolute atomic E-state index is 0. The number of non-ortho nitro benzene ring substituents is 1. The van der Waals surface area contributed by atoms with Crippen molar-refractivity contribution < 1.29 is 38.6 Å². The van der Waals surface area contributed by atoms with Crippen molar-refractivity contribution in [1.82, 2.24) is 5.32 Å². The Hall–Kier alpha value is -3.93. The quantitative estimate of drug-likeness (QED) is 0.0188. The Bertz CT molecular complexity index is 1720. The number of carbonyl (C=O) groups excluding carboxylic acids is 2. The molecule has 1 amide bonds. The summed E-state index contributed by atoms with van der Waals surface area (Å²) < 4.78 is 21.9. The van der Waals surface area contributed by atoms with Gasteiger partial charge in [-0.25, -0.2) is 0 Å². The Morgan fingerprint density at radius 1 is 0.702 bits per heavy atom. The molecule has 0 heterocycles. The first-order valence-electron chi connectivity index (χ1n) is 18.5. The van der Waals surface area contributed by atoms with Crippen molar-refractivity contribution in [3.8, 4) is 17.2 Å². The summed E-state index contributed by atoms with van der Waals surface area (Å²) in [6.45, 7) is -0.336. The van der Waals surface area contributed by atoms with Crippen LogP contribution in [-0.4, -0.2) is 66.9 Å². The monoisotopic (exact) mass is 907 g/mol. The molecule has 0 aliphatic carbocycles. The molecule has 0 unspecified atom stereocenters. The minimum atomic E-state index is -2.07. The summed E-state index contributed by atoms with van der Waals surface area (Å²) in [5.41, 5.74) is 0.129. The number of unbranched alkanes of at least 4 members (excludes halogenated alkanes) is 6. The molecule has 4 aromatic rings. The van der Waals surface area contributed by atoms with Crippen molar-refractivity contribution in [2.45, 2.75) is 68.3 Å². The van der Waals surface area contributed by atoms with Crippen LogP contribution in [0.1, 0.15) is 63.0 Å². The molecule has 0 spiro atoms. The Kier molecular flexibility index (Phi) is 20.1. The Labute approximate surface area is 355 Å². The number of hydrogen-bond acceptors (Lipinski definition) is 9. The first kappa shape index (κ1) is 47.4. The van der Waals surface area contributed by atoms with E-state index in [0.29, 0.717) is 6.42 Å². The summed E-state index contributed by atoms with van der Waals surface area (Å²) in [5, 5.41) is 28.2. The maximum Gasteiger partial charge on any atom is 0.305 e. The standard InChI is InChI=1S/C42H49Cl2N2O9P.BrH/c1-52-32-16-22-35(23-17-32)56(36-24-18-33(53-2)19-25-36,37-26-20-34(54-3)21-27-37)28-10-8-6-4-5-7-9-11-39(47)55-29-38(45-42(49)41(43)44)40(48)30-12-14-31(15-13-30)46(50)51;/h12-27,38,40-41,48H,4-11,28-29H2,1-3H3;1H/p+1/t38-,40+;/m0./s1. The molecular weight excluding hydrogens is 858 g/mol. The number of esters is 1. The maximum absolute atomic E-state index is 12.6. The summed E-state index contributed by atoms with van der Waals surface area (Å²) in [7, 11) is 2.96. The van der Waals surface area contributed by atoms with Crippen molar-refractivity contribution in [1.29, 1.82) is 0 Å². The molecule has 15 heteroatoms. The highest BCUT2D eigenvalue weighted by Gasteiger charge is 2.45. The molecule has 4 aromatic carbocycles. The molecule has 2 atom stereocenters. The molecule has 0 radical (unpaired) electrons. The molecule has 0 aromatic heterocycles. The highest BCUT2D eigenvalue weighted by molar-refractivity contribution is 8.93. The molecule has 2 N–H and O–H groups in total. The van der Waals surface area contributed by atoms with E-state index in [4.69, 9.17) is 42.1 Å². The van der Waals surface area contributed by atoms with Crippen molar-refractivity contribution in [2.75, 3.05) is 34.1 Å². The van der Waals surface area contributed by atoms with Gasteiger partial charge >= 0.3 is 5.97 Å². The Morgan fingerprint density at radius 3 is 1.53 bits per heavy atom. The van der Waals surface area contributed by atoms with Crippen molar-refractivity contribution >= 4 is 80.9 Å². The van der Waals surface area contributed by atoms with E-state index in [1.807, 2.05) is 36.4 Å². The fourth-order valence-electron chi connectivity index (χ4n) is 6.58. The van der Waals surface area contributed by atoms with E-state index in [9.17, 15) is 24.8 Å². The van der Waals surface area contributed by atoms with Gasteiger partial charge in [0, 0.05) is 18.6 Å². The van der Waals surface area contributed by atoms with E-state index >= 15 is 0 Å². The van der Waals surface area contributed by atoms with Gasteiger partial charge in [0.25, 0.3) is 11.6 Å². The van der Waals surface area contributed by atoms with Crippen LogP contribution in [-0.2, 0) is 14.3 Å². The molecule has 0 aliphatic heterocycles. The number of halogens is 3. The summed E-state index contributed by atoms with van der Waals surface area (Å²) in [4.78, 5) is 33.8. The molecule has 4 rings (SSSR count). The van der Waals surface area contributed by atoms with Crippen LogP contribution in [0.5, 0.6) is 17.2 Å². The third-order valence-corrected chi connectivity index (χ3v) is 14.6. The lowest BCUT2D eigenvalue weighted by molar-refractivity contribution is -0.384. The lowest BCUT2D eigenvalue weighted by atomic mass is 10.0. The van der Waals surface area contributed by atoms with Gasteiger partial charge in [-0.15, -0.1) is 17.0 Å². The van der Waals surface area contributed by atoms with Crippen LogP contribution < -0.4 is 35.4 Å². The number of amides is 1. The van der Waals surface area contributed by atoms with Crippen LogP contribution in [0, 0.1) is 10.1 Å². The van der Waals surface area contributed by atoms with E-state index in [0.717, 1.165) is 61.9 Å². The third-order valence-electron chi connectivity index (χ3n) is 9.69. The number of ether oxygens (including phenoxy) is 4. The Morgan fingerprint density at radius 2 is 1.12 bits per heavy atom. The molecule has 57 heavy (non-hydrogen) atoms. The van der Waals surface area contributed by atoms with E-state index in [2.05, 4.69) is 41.7 Å². The predicted molar refractivity (Wildman–Crippen MR) is 233 cm³/mol. The molecule has 0 saturated carbocycles. The van der Waals surface area contributed by atoms with E-state index in [1.54, 1.807) is 21.3 Å². The van der Waals surface area contributed by atoms with E-state index in [1.165, 1.54) is 40.2 Å². The molecule has 0 aliphatic rings. The zero-order valence-corrected chi connectivity index (χ0v) is 36.4. The van der Waals surface area contributed by atoms with E-state index < -0.39 is 41.0 Å². The van der Waals surface area contributed by atoms with Gasteiger partial charge in [0.05, 0.1) is 38.5 Å². The number of carbonyl (C=O) groups is 2. The third kappa shape index (κ3) is 13.6. The van der Waals surface area contributed by atoms with Crippen LogP contribution in [0.3, 0.4) is 0 Å². The van der Waals surface area contributed by atoms with Crippen LogP contribution in [0.15, 0.2) is 97.1 Å². The normalized spacial score (nSPS) is 12.2. The number of methoxy groups -OCH3 is 3. The number of hydrogen-bond donors (Lipinski definition) is 2.